The Morgan fingerprint density at radius 1 is 1.24 bits per heavy atom. The molecule has 0 saturated heterocycles. The van der Waals surface area contributed by atoms with Crippen molar-refractivity contribution in [3.05, 3.63) is 52.2 Å². The lowest BCUT2D eigenvalue weighted by molar-refractivity contribution is -0.137. The summed E-state index contributed by atoms with van der Waals surface area (Å²) in [6, 6.07) is 8.53. The summed E-state index contributed by atoms with van der Waals surface area (Å²) in [6.07, 6.45) is -2.81. The molecule has 0 aliphatic rings. The topological polar surface area (TPSA) is 36.4 Å². The van der Waals surface area contributed by atoms with Gasteiger partial charge in [0.2, 0.25) is 0 Å². The Labute approximate surface area is 128 Å². The van der Waals surface area contributed by atoms with Crippen LogP contribution < -0.4 is 10.7 Å². The minimum Gasteiger partial charge on any atom is -0.331 e. The van der Waals surface area contributed by atoms with Crippen molar-refractivity contribution in [2.45, 2.75) is 6.18 Å². The number of anilines is 1. The van der Waals surface area contributed by atoms with Crippen molar-refractivity contribution in [2.75, 3.05) is 5.32 Å². The van der Waals surface area contributed by atoms with Crippen LogP contribution in [0.15, 0.2) is 46.9 Å². The van der Waals surface area contributed by atoms with Crippen LogP contribution in [0.2, 0.25) is 0 Å². The van der Waals surface area contributed by atoms with Crippen LogP contribution in [0, 0.1) is 0 Å². The highest BCUT2D eigenvalue weighted by molar-refractivity contribution is 7.80. The van der Waals surface area contributed by atoms with E-state index in [0.717, 1.165) is 17.0 Å². The SMILES string of the molecule is FC(F)(F)c1cccc(NC(=S)N/N=C/c2cccs2)c1. The van der Waals surface area contributed by atoms with Gasteiger partial charge in [-0.3, -0.25) is 5.43 Å². The average Bonchev–Trinajstić information content (AvgIpc) is 2.91. The molecule has 1 heterocycles. The molecule has 0 amide bonds. The first-order valence-corrected chi connectivity index (χ1v) is 7.05. The predicted octanol–water partition coefficient (Wildman–Crippen LogP) is 4.09. The standard InChI is InChI=1S/C13H10F3N3S2/c14-13(15,16)9-3-1-4-10(7-9)18-12(20)19-17-8-11-5-2-6-21-11/h1-8H,(H2,18,19,20)/b17-8+. The maximum Gasteiger partial charge on any atom is 0.416 e. The van der Waals surface area contributed by atoms with E-state index in [1.165, 1.54) is 23.5 Å². The van der Waals surface area contributed by atoms with Crippen LogP contribution in [-0.4, -0.2) is 11.3 Å². The number of alkyl halides is 3. The van der Waals surface area contributed by atoms with E-state index in [1.807, 2.05) is 17.5 Å². The second kappa shape index (κ2) is 6.68. The van der Waals surface area contributed by atoms with E-state index in [0.29, 0.717) is 0 Å². The molecule has 3 nitrogen and oxygen atoms in total. The number of halogens is 3. The van der Waals surface area contributed by atoms with Gasteiger partial charge >= 0.3 is 6.18 Å². The first-order valence-electron chi connectivity index (χ1n) is 5.76. The number of nitrogens with zero attached hydrogens (tertiary/aromatic N) is 1. The minimum absolute atomic E-state index is 0.113. The lowest BCUT2D eigenvalue weighted by Gasteiger charge is -2.10. The third kappa shape index (κ3) is 4.83. The quantitative estimate of drug-likeness (QED) is 0.506. The van der Waals surface area contributed by atoms with Gasteiger partial charge in [-0.2, -0.15) is 18.3 Å². The molecule has 0 aliphatic carbocycles. The van der Waals surface area contributed by atoms with Crippen LogP contribution in [-0.2, 0) is 6.18 Å². The molecule has 1 aromatic carbocycles. The number of rotatable bonds is 3. The predicted molar refractivity (Wildman–Crippen MR) is 82.7 cm³/mol. The molecule has 2 N–H and O–H groups in total. The zero-order valence-electron chi connectivity index (χ0n) is 10.5. The molecule has 0 spiro atoms. The Bertz CT molecular complexity index is 636. The zero-order valence-corrected chi connectivity index (χ0v) is 12.1. The van der Waals surface area contributed by atoms with Crippen molar-refractivity contribution in [3.63, 3.8) is 0 Å². The highest BCUT2D eigenvalue weighted by atomic mass is 32.1. The number of thiophene rings is 1. The van der Waals surface area contributed by atoms with E-state index >= 15 is 0 Å². The van der Waals surface area contributed by atoms with Gasteiger partial charge in [-0.1, -0.05) is 12.1 Å². The number of benzene rings is 1. The van der Waals surface area contributed by atoms with E-state index in [4.69, 9.17) is 12.2 Å². The Kier molecular flexibility index (Phi) is 4.92. The summed E-state index contributed by atoms with van der Waals surface area (Å²) in [4.78, 5) is 0.935. The third-order valence-corrected chi connectivity index (χ3v) is 3.35. The van der Waals surface area contributed by atoms with E-state index < -0.39 is 11.7 Å². The van der Waals surface area contributed by atoms with Gasteiger partial charge in [0, 0.05) is 10.6 Å². The van der Waals surface area contributed by atoms with Gasteiger partial charge in [-0.25, -0.2) is 0 Å². The van der Waals surface area contributed by atoms with Crippen molar-refractivity contribution < 1.29 is 13.2 Å². The highest BCUT2D eigenvalue weighted by Gasteiger charge is 2.30. The van der Waals surface area contributed by atoms with Crippen molar-refractivity contribution in [3.8, 4) is 0 Å². The summed E-state index contributed by atoms with van der Waals surface area (Å²) in [5.74, 6) is 0. The van der Waals surface area contributed by atoms with E-state index in [-0.39, 0.29) is 10.8 Å². The molecule has 2 aromatic rings. The molecular formula is C13H10F3N3S2. The fourth-order valence-corrected chi connectivity index (χ4v) is 2.21. The number of nitrogens with one attached hydrogen (secondary N) is 2. The summed E-state index contributed by atoms with van der Waals surface area (Å²) in [5, 5.41) is 8.55. The number of hydrogen-bond acceptors (Lipinski definition) is 3. The number of hydrogen-bond donors (Lipinski definition) is 2. The van der Waals surface area contributed by atoms with E-state index in [9.17, 15) is 13.2 Å². The highest BCUT2D eigenvalue weighted by Crippen LogP contribution is 2.30. The molecule has 8 heteroatoms. The summed E-state index contributed by atoms with van der Waals surface area (Å²) in [6.45, 7) is 0. The molecule has 0 unspecified atom stereocenters. The van der Waals surface area contributed by atoms with Crippen LogP contribution in [0.3, 0.4) is 0 Å². The molecule has 0 atom stereocenters. The normalized spacial score (nSPS) is 11.6. The van der Waals surface area contributed by atoms with Crippen molar-refractivity contribution >= 4 is 40.6 Å². The van der Waals surface area contributed by atoms with E-state index in [2.05, 4.69) is 15.8 Å². The fraction of sp³-hybridized carbons (Fsp3) is 0.0769. The summed E-state index contributed by atoms with van der Waals surface area (Å²) in [5.41, 5.74) is 2.05. The fourth-order valence-electron chi connectivity index (χ4n) is 1.45. The average molecular weight is 329 g/mol. The lowest BCUT2D eigenvalue weighted by atomic mass is 10.2. The Morgan fingerprint density at radius 3 is 2.71 bits per heavy atom. The molecule has 0 aliphatic heterocycles. The van der Waals surface area contributed by atoms with Gasteiger partial charge in [0.15, 0.2) is 5.11 Å². The molecule has 0 bridgehead atoms. The molecule has 0 radical (unpaired) electrons. The van der Waals surface area contributed by atoms with Gasteiger partial charge in [0.1, 0.15) is 0 Å². The van der Waals surface area contributed by atoms with Gasteiger partial charge < -0.3 is 5.32 Å². The first kappa shape index (κ1) is 15.5. The lowest BCUT2D eigenvalue weighted by Crippen LogP contribution is -2.24. The van der Waals surface area contributed by atoms with Crippen molar-refractivity contribution in [1.82, 2.24) is 5.43 Å². The number of thiocarbonyl (C=S) groups is 1. The van der Waals surface area contributed by atoms with Gasteiger partial charge in [-0.05, 0) is 41.9 Å². The minimum atomic E-state index is -4.38. The molecule has 0 fully saturated rings. The van der Waals surface area contributed by atoms with Crippen LogP contribution >= 0.6 is 23.6 Å². The molecule has 2 rings (SSSR count). The van der Waals surface area contributed by atoms with E-state index in [1.54, 1.807) is 6.21 Å². The monoisotopic (exact) mass is 329 g/mol. The Hall–Kier alpha value is -1.93. The summed E-state index contributed by atoms with van der Waals surface area (Å²) < 4.78 is 37.7. The molecule has 1 aromatic heterocycles. The molecule has 21 heavy (non-hydrogen) atoms. The van der Waals surface area contributed by atoms with Gasteiger partial charge in [0.05, 0.1) is 11.8 Å². The number of hydrazone groups is 1. The molecular weight excluding hydrogens is 319 g/mol. The third-order valence-electron chi connectivity index (χ3n) is 2.35. The molecule has 110 valence electrons. The maximum atomic E-state index is 12.6. The molecule has 0 saturated carbocycles. The smallest absolute Gasteiger partial charge is 0.331 e. The Morgan fingerprint density at radius 2 is 2.05 bits per heavy atom. The largest absolute Gasteiger partial charge is 0.416 e. The summed E-state index contributed by atoms with van der Waals surface area (Å²) >= 11 is 6.46. The van der Waals surface area contributed by atoms with Crippen LogP contribution in [0.5, 0.6) is 0 Å². The summed E-state index contributed by atoms with van der Waals surface area (Å²) in [7, 11) is 0. The second-order valence-electron chi connectivity index (χ2n) is 3.92. The van der Waals surface area contributed by atoms with Crippen LogP contribution in [0.4, 0.5) is 18.9 Å². The van der Waals surface area contributed by atoms with Crippen LogP contribution in [0.25, 0.3) is 0 Å². The zero-order chi connectivity index (χ0) is 15.3. The first-order chi connectivity index (χ1) is 9.95. The van der Waals surface area contributed by atoms with Gasteiger partial charge in [0.25, 0.3) is 0 Å². The second-order valence-corrected chi connectivity index (χ2v) is 5.31. The Balaban J connectivity index is 1.94. The van der Waals surface area contributed by atoms with Crippen LogP contribution in [0.1, 0.15) is 10.4 Å². The maximum absolute atomic E-state index is 12.6. The van der Waals surface area contributed by atoms with Gasteiger partial charge in [-0.15, -0.1) is 11.3 Å². The van der Waals surface area contributed by atoms with Crippen molar-refractivity contribution in [1.29, 1.82) is 0 Å². The van der Waals surface area contributed by atoms with Crippen molar-refractivity contribution in [2.24, 2.45) is 5.10 Å².